The number of unbranched alkanes of at least 4 members (excludes halogenated alkanes) is 2. The molecule has 0 saturated heterocycles. The summed E-state index contributed by atoms with van der Waals surface area (Å²) in [4.78, 5) is 0. The van der Waals surface area contributed by atoms with E-state index in [1.807, 2.05) is 0 Å². The van der Waals surface area contributed by atoms with E-state index in [9.17, 15) is 5.11 Å². The second-order valence-electron chi connectivity index (χ2n) is 7.33. The average molecular weight is 331 g/mol. The summed E-state index contributed by atoms with van der Waals surface area (Å²) >= 11 is 0. The van der Waals surface area contributed by atoms with Gasteiger partial charge in [0.2, 0.25) is 0 Å². The highest BCUT2D eigenvalue weighted by molar-refractivity contribution is 4.78. The summed E-state index contributed by atoms with van der Waals surface area (Å²) in [5.41, 5.74) is 0.387. The van der Waals surface area contributed by atoms with Crippen LogP contribution in [0.5, 0.6) is 0 Å². The third kappa shape index (κ3) is 8.51. The third-order valence-electron chi connectivity index (χ3n) is 6.33. The minimum Gasteiger partial charge on any atom is -0.396 e. The monoisotopic (exact) mass is 330 g/mol. The molecule has 23 heavy (non-hydrogen) atoms. The largest absolute Gasteiger partial charge is 0.396 e. The van der Waals surface area contributed by atoms with Crippen LogP contribution in [0.2, 0.25) is 0 Å². The van der Waals surface area contributed by atoms with Crippen LogP contribution in [0.15, 0.2) is 0 Å². The van der Waals surface area contributed by atoms with E-state index in [1.54, 1.807) is 0 Å². The molecular formula is C20H44NO2+. The highest BCUT2D eigenvalue weighted by atomic mass is 16.3. The van der Waals surface area contributed by atoms with Gasteiger partial charge in [0, 0.05) is 13.2 Å². The van der Waals surface area contributed by atoms with Crippen molar-refractivity contribution in [2.45, 2.75) is 85.5 Å². The van der Waals surface area contributed by atoms with Crippen molar-refractivity contribution >= 4 is 0 Å². The Bertz CT molecular complexity index is 258. The van der Waals surface area contributed by atoms with Crippen molar-refractivity contribution in [3.8, 4) is 0 Å². The second kappa shape index (κ2) is 13.2. The lowest BCUT2D eigenvalue weighted by atomic mass is 9.73. The fourth-order valence-electron chi connectivity index (χ4n) is 4.06. The molecule has 140 valence electrons. The van der Waals surface area contributed by atoms with E-state index in [1.165, 1.54) is 62.8 Å². The van der Waals surface area contributed by atoms with Crippen molar-refractivity contribution in [3.63, 3.8) is 0 Å². The van der Waals surface area contributed by atoms with Crippen LogP contribution < -0.4 is 0 Å². The fraction of sp³-hybridized carbons (Fsp3) is 1.00. The second-order valence-corrected chi connectivity index (χ2v) is 7.33. The highest BCUT2D eigenvalue weighted by Crippen LogP contribution is 2.39. The molecule has 3 heteroatoms. The van der Waals surface area contributed by atoms with Gasteiger partial charge in [0.05, 0.1) is 26.2 Å². The lowest BCUT2D eigenvalue weighted by Gasteiger charge is -2.37. The molecule has 0 aromatic rings. The van der Waals surface area contributed by atoms with Gasteiger partial charge >= 0.3 is 0 Å². The Morgan fingerprint density at radius 2 is 1.13 bits per heavy atom. The molecule has 0 aromatic carbocycles. The number of quaternary nitrogens is 1. The summed E-state index contributed by atoms with van der Waals surface area (Å²) in [7, 11) is 0. The van der Waals surface area contributed by atoms with Gasteiger partial charge in [-0.25, -0.2) is 0 Å². The lowest BCUT2D eigenvalue weighted by molar-refractivity contribution is -0.923. The van der Waals surface area contributed by atoms with Gasteiger partial charge in [-0.05, 0) is 71.1 Å². The van der Waals surface area contributed by atoms with Crippen LogP contribution in [0.3, 0.4) is 0 Å². The highest BCUT2D eigenvalue weighted by Gasteiger charge is 2.27. The number of aliphatic hydroxyl groups excluding tert-OH is 2. The van der Waals surface area contributed by atoms with Crippen molar-refractivity contribution < 1.29 is 14.7 Å². The van der Waals surface area contributed by atoms with Crippen LogP contribution in [0.4, 0.5) is 0 Å². The summed E-state index contributed by atoms with van der Waals surface area (Å²) in [6, 6.07) is 0. The molecule has 0 amide bonds. The maximum absolute atomic E-state index is 9.23. The van der Waals surface area contributed by atoms with Gasteiger partial charge in [-0.1, -0.05) is 19.8 Å². The van der Waals surface area contributed by atoms with E-state index in [-0.39, 0.29) is 0 Å². The van der Waals surface area contributed by atoms with Gasteiger partial charge in [-0.3, -0.25) is 0 Å². The summed E-state index contributed by atoms with van der Waals surface area (Å²) in [6.45, 7) is 14.9. The van der Waals surface area contributed by atoms with Crippen molar-refractivity contribution in [2.75, 3.05) is 39.4 Å². The first-order valence-corrected chi connectivity index (χ1v) is 10.1. The van der Waals surface area contributed by atoms with Crippen LogP contribution in [-0.2, 0) is 0 Å². The van der Waals surface area contributed by atoms with Crippen LogP contribution >= 0.6 is 0 Å². The lowest BCUT2D eigenvalue weighted by Crippen LogP contribution is -2.48. The zero-order valence-electron chi connectivity index (χ0n) is 16.4. The maximum Gasteiger partial charge on any atom is 0.0786 e. The molecule has 0 radical (unpaired) electrons. The zero-order chi connectivity index (χ0) is 17.6. The number of nitrogens with zero attached hydrogens (tertiary/aromatic N) is 1. The predicted molar refractivity (Wildman–Crippen MR) is 101 cm³/mol. The maximum atomic E-state index is 9.23. The average Bonchev–Trinajstić information content (AvgIpc) is 2.60. The molecule has 0 fully saturated rings. The number of aliphatic hydroxyl groups is 2. The van der Waals surface area contributed by atoms with Crippen molar-refractivity contribution in [3.05, 3.63) is 0 Å². The Hall–Kier alpha value is -0.120. The quantitative estimate of drug-likeness (QED) is 0.326. The molecule has 0 aliphatic carbocycles. The van der Waals surface area contributed by atoms with E-state index in [2.05, 4.69) is 27.7 Å². The molecule has 0 aromatic heterocycles. The molecule has 0 rings (SSSR count). The fourth-order valence-corrected chi connectivity index (χ4v) is 4.06. The molecule has 1 unspecified atom stereocenters. The Balaban J connectivity index is 4.46. The molecular weight excluding hydrogens is 286 g/mol. The van der Waals surface area contributed by atoms with Crippen LogP contribution in [0.1, 0.15) is 85.5 Å². The predicted octanol–water partition coefficient (Wildman–Crippen LogP) is 4.36. The standard InChI is InChI=1S/C20H44NO2/c1-5-20(16-13-19-23,15-10-12-18-22)14-9-11-17-21(6-2,7-3)8-4/h22-23H,5-19H2,1-4H3/q+1. The summed E-state index contributed by atoms with van der Waals surface area (Å²) < 4.78 is 1.25. The van der Waals surface area contributed by atoms with Crippen LogP contribution in [-0.4, -0.2) is 54.1 Å². The van der Waals surface area contributed by atoms with Crippen molar-refractivity contribution in [2.24, 2.45) is 5.41 Å². The van der Waals surface area contributed by atoms with E-state index < -0.39 is 0 Å². The molecule has 0 aliphatic heterocycles. The first kappa shape index (κ1) is 22.9. The molecule has 2 N–H and O–H groups in total. The van der Waals surface area contributed by atoms with Gasteiger partial charge in [0.1, 0.15) is 0 Å². The van der Waals surface area contributed by atoms with Gasteiger partial charge < -0.3 is 14.7 Å². The first-order valence-electron chi connectivity index (χ1n) is 10.1. The van der Waals surface area contributed by atoms with Crippen LogP contribution in [0.25, 0.3) is 0 Å². The minimum atomic E-state index is 0.309. The molecule has 3 nitrogen and oxygen atoms in total. The summed E-state index contributed by atoms with van der Waals surface area (Å²) in [6.07, 6.45) is 10.4. The van der Waals surface area contributed by atoms with Gasteiger partial charge in [0.25, 0.3) is 0 Å². The number of hydrogen-bond acceptors (Lipinski definition) is 2. The Morgan fingerprint density at radius 3 is 1.57 bits per heavy atom. The minimum absolute atomic E-state index is 0.309. The van der Waals surface area contributed by atoms with Crippen molar-refractivity contribution in [1.29, 1.82) is 0 Å². The normalized spacial score (nSPS) is 14.9. The van der Waals surface area contributed by atoms with E-state index in [4.69, 9.17) is 5.11 Å². The molecule has 0 aliphatic rings. The molecule has 0 saturated carbocycles. The number of hydrogen-bond donors (Lipinski definition) is 2. The molecule has 0 heterocycles. The first-order chi connectivity index (χ1) is 11.1. The Kier molecular flexibility index (Phi) is 13.1. The van der Waals surface area contributed by atoms with E-state index in [0.717, 1.165) is 25.7 Å². The number of rotatable bonds is 16. The molecule has 0 bridgehead atoms. The third-order valence-corrected chi connectivity index (χ3v) is 6.33. The molecule has 0 spiro atoms. The Labute approximate surface area is 145 Å². The van der Waals surface area contributed by atoms with E-state index in [0.29, 0.717) is 18.6 Å². The van der Waals surface area contributed by atoms with E-state index >= 15 is 0 Å². The summed E-state index contributed by atoms with van der Waals surface area (Å²) in [5.74, 6) is 0. The SMILES string of the molecule is CCC(CCCO)(CCCCO)CCCC[N+](CC)(CC)CC. The van der Waals surface area contributed by atoms with Gasteiger partial charge in [-0.15, -0.1) is 0 Å². The zero-order valence-corrected chi connectivity index (χ0v) is 16.4. The van der Waals surface area contributed by atoms with Crippen molar-refractivity contribution in [1.82, 2.24) is 0 Å². The van der Waals surface area contributed by atoms with Gasteiger partial charge in [-0.2, -0.15) is 0 Å². The topological polar surface area (TPSA) is 40.5 Å². The summed E-state index contributed by atoms with van der Waals surface area (Å²) in [5, 5.41) is 18.3. The smallest absolute Gasteiger partial charge is 0.0786 e. The Morgan fingerprint density at radius 1 is 0.652 bits per heavy atom. The molecule has 1 atom stereocenters. The van der Waals surface area contributed by atoms with Crippen LogP contribution in [0, 0.1) is 5.41 Å². The van der Waals surface area contributed by atoms with Gasteiger partial charge in [0.15, 0.2) is 0 Å².